The van der Waals surface area contributed by atoms with Crippen LogP contribution in [0.3, 0.4) is 0 Å². The van der Waals surface area contributed by atoms with E-state index in [2.05, 4.69) is 50.2 Å². The van der Waals surface area contributed by atoms with Crippen LogP contribution in [0.5, 0.6) is 0 Å². The Morgan fingerprint density at radius 1 is 1.00 bits per heavy atom. The molecule has 0 heterocycles. The van der Waals surface area contributed by atoms with Gasteiger partial charge in [-0.15, -0.1) is 0 Å². The summed E-state index contributed by atoms with van der Waals surface area (Å²) in [5.74, 6) is 0.492. The van der Waals surface area contributed by atoms with E-state index in [1.807, 2.05) is 6.07 Å². The summed E-state index contributed by atoms with van der Waals surface area (Å²) >= 11 is 0. The molecule has 1 N–H and O–H groups in total. The molecule has 0 aromatic heterocycles. The van der Waals surface area contributed by atoms with E-state index in [9.17, 15) is 5.11 Å². The molecule has 110 valence electrons. The Bertz CT molecular complexity index is 631. The van der Waals surface area contributed by atoms with Gasteiger partial charge in [0.25, 0.3) is 0 Å². The van der Waals surface area contributed by atoms with Gasteiger partial charge in [-0.1, -0.05) is 56.3 Å². The molecular weight excluding hydrogens is 260 g/mol. The molecule has 2 nitrogen and oxygen atoms in total. The number of ether oxygens (including phenoxy) is 1. The first-order valence-corrected chi connectivity index (χ1v) is 7.62. The van der Waals surface area contributed by atoms with Crippen molar-refractivity contribution in [3.05, 3.63) is 59.2 Å². The van der Waals surface area contributed by atoms with Crippen molar-refractivity contribution in [3.63, 3.8) is 0 Å². The maximum atomic E-state index is 10.3. The van der Waals surface area contributed by atoms with Crippen molar-refractivity contribution in [2.75, 3.05) is 13.2 Å². The highest BCUT2D eigenvalue weighted by Gasteiger charge is 2.19. The van der Waals surface area contributed by atoms with Crippen LogP contribution in [0.15, 0.2) is 42.5 Å². The Hall–Kier alpha value is -1.64. The van der Waals surface area contributed by atoms with Crippen LogP contribution in [-0.2, 0) is 11.2 Å². The number of rotatable bonds is 5. The summed E-state index contributed by atoms with van der Waals surface area (Å²) in [4.78, 5) is 0. The maximum Gasteiger partial charge on any atom is 0.102 e. The predicted octanol–water partition coefficient (Wildman–Crippen LogP) is 3.96. The summed E-state index contributed by atoms with van der Waals surface area (Å²) < 4.78 is 5.54. The Morgan fingerprint density at radius 3 is 2.57 bits per heavy atom. The van der Waals surface area contributed by atoms with E-state index >= 15 is 0 Å². The topological polar surface area (TPSA) is 29.5 Å². The lowest BCUT2D eigenvalue weighted by Gasteiger charge is -2.14. The third kappa shape index (κ3) is 3.02. The highest BCUT2D eigenvalue weighted by atomic mass is 16.5. The van der Waals surface area contributed by atoms with Gasteiger partial charge in [0, 0.05) is 6.61 Å². The first-order valence-electron chi connectivity index (χ1n) is 7.62. The molecule has 1 unspecified atom stereocenters. The van der Waals surface area contributed by atoms with Gasteiger partial charge in [-0.25, -0.2) is 0 Å². The van der Waals surface area contributed by atoms with Gasteiger partial charge < -0.3 is 9.84 Å². The normalized spacial score (nSPS) is 14.1. The number of fused-ring (bicyclic) bond motifs is 3. The van der Waals surface area contributed by atoms with Crippen LogP contribution in [-0.4, -0.2) is 18.3 Å². The fourth-order valence-corrected chi connectivity index (χ4v) is 2.88. The van der Waals surface area contributed by atoms with Gasteiger partial charge in [0.15, 0.2) is 0 Å². The molecule has 3 rings (SSSR count). The number of benzene rings is 2. The minimum atomic E-state index is -0.544. The highest BCUT2D eigenvalue weighted by molar-refractivity contribution is 5.76. The zero-order valence-corrected chi connectivity index (χ0v) is 12.7. The van der Waals surface area contributed by atoms with Crippen molar-refractivity contribution in [2.24, 2.45) is 5.92 Å². The molecule has 0 bridgehead atoms. The molecule has 2 aromatic rings. The van der Waals surface area contributed by atoms with E-state index in [1.165, 1.54) is 22.3 Å². The summed E-state index contributed by atoms with van der Waals surface area (Å²) in [5.41, 5.74) is 6.24. The molecule has 0 radical (unpaired) electrons. The molecule has 0 spiro atoms. The smallest absolute Gasteiger partial charge is 0.102 e. The Morgan fingerprint density at radius 2 is 1.76 bits per heavy atom. The van der Waals surface area contributed by atoms with Crippen LogP contribution in [0.25, 0.3) is 11.1 Å². The lowest BCUT2D eigenvalue weighted by atomic mass is 10.0. The summed E-state index contributed by atoms with van der Waals surface area (Å²) in [6.45, 7) is 5.27. The van der Waals surface area contributed by atoms with Crippen LogP contribution < -0.4 is 0 Å². The lowest BCUT2D eigenvalue weighted by molar-refractivity contribution is 0.0250. The van der Waals surface area contributed by atoms with Gasteiger partial charge >= 0.3 is 0 Å². The van der Waals surface area contributed by atoms with Crippen molar-refractivity contribution in [1.82, 2.24) is 0 Å². The van der Waals surface area contributed by atoms with E-state index in [0.29, 0.717) is 19.1 Å². The number of aliphatic hydroxyl groups is 1. The molecule has 0 saturated heterocycles. The van der Waals surface area contributed by atoms with Crippen LogP contribution in [0.4, 0.5) is 0 Å². The monoisotopic (exact) mass is 282 g/mol. The fraction of sp³-hybridized carbons (Fsp3) is 0.368. The Labute approximate surface area is 126 Å². The summed E-state index contributed by atoms with van der Waals surface area (Å²) in [6.07, 6.45) is 0.414. The predicted molar refractivity (Wildman–Crippen MR) is 85.3 cm³/mol. The van der Waals surface area contributed by atoms with E-state index in [4.69, 9.17) is 4.74 Å². The van der Waals surface area contributed by atoms with Crippen molar-refractivity contribution >= 4 is 0 Å². The molecule has 1 atom stereocenters. The van der Waals surface area contributed by atoms with E-state index in [-0.39, 0.29) is 0 Å². The van der Waals surface area contributed by atoms with Crippen molar-refractivity contribution in [3.8, 4) is 11.1 Å². The lowest BCUT2D eigenvalue weighted by Crippen LogP contribution is -2.11. The summed E-state index contributed by atoms with van der Waals surface area (Å²) in [6, 6.07) is 14.8. The van der Waals surface area contributed by atoms with E-state index in [0.717, 1.165) is 12.0 Å². The SMILES string of the molecule is CC(C)COCC(O)c1ccc2c(c1)Cc1ccccc1-2. The Balaban J connectivity index is 1.74. The van der Waals surface area contributed by atoms with Crippen molar-refractivity contribution in [1.29, 1.82) is 0 Å². The third-order valence-corrected chi connectivity index (χ3v) is 3.93. The second-order valence-corrected chi connectivity index (χ2v) is 6.20. The second-order valence-electron chi connectivity index (χ2n) is 6.20. The molecule has 0 saturated carbocycles. The van der Waals surface area contributed by atoms with Crippen molar-refractivity contribution < 1.29 is 9.84 Å². The Kier molecular flexibility index (Phi) is 4.09. The minimum absolute atomic E-state index is 0.365. The van der Waals surface area contributed by atoms with E-state index < -0.39 is 6.10 Å². The maximum absolute atomic E-state index is 10.3. The largest absolute Gasteiger partial charge is 0.386 e. The summed E-state index contributed by atoms with van der Waals surface area (Å²) in [7, 11) is 0. The van der Waals surface area contributed by atoms with Gasteiger partial charge in [-0.2, -0.15) is 0 Å². The van der Waals surface area contributed by atoms with Crippen LogP contribution in [0, 0.1) is 5.92 Å². The zero-order chi connectivity index (χ0) is 14.8. The first-order chi connectivity index (χ1) is 10.1. The van der Waals surface area contributed by atoms with Crippen LogP contribution in [0.2, 0.25) is 0 Å². The summed E-state index contributed by atoms with van der Waals surface area (Å²) in [5, 5.41) is 10.3. The zero-order valence-electron chi connectivity index (χ0n) is 12.7. The van der Waals surface area contributed by atoms with E-state index in [1.54, 1.807) is 0 Å². The van der Waals surface area contributed by atoms with Gasteiger partial charge in [-0.3, -0.25) is 0 Å². The van der Waals surface area contributed by atoms with Crippen LogP contribution in [0.1, 0.15) is 36.6 Å². The average molecular weight is 282 g/mol. The number of hydrogen-bond acceptors (Lipinski definition) is 2. The molecule has 1 aliphatic rings. The molecule has 2 heteroatoms. The molecule has 2 aromatic carbocycles. The molecule has 21 heavy (non-hydrogen) atoms. The average Bonchev–Trinajstić information content (AvgIpc) is 2.84. The highest BCUT2D eigenvalue weighted by Crippen LogP contribution is 2.37. The van der Waals surface area contributed by atoms with Gasteiger partial charge in [0.1, 0.15) is 6.10 Å². The standard InChI is InChI=1S/C19H22O2/c1-13(2)11-21-12-19(20)15-7-8-18-16(10-15)9-14-5-3-4-6-17(14)18/h3-8,10,13,19-20H,9,11-12H2,1-2H3. The molecule has 1 aliphatic carbocycles. The second kappa shape index (κ2) is 6.00. The van der Waals surface area contributed by atoms with Gasteiger partial charge in [0.05, 0.1) is 6.61 Å². The fourth-order valence-electron chi connectivity index (χ4n) is 2.88. The molecule has 0 aliphatic heterocycles. The number of hydrogen-bond donors (Lipinski definition) is 1. The van der Waals surface area contributed by atoms with Gasteiger partial charge in [0.2, 0.25) is 0 Å². The third-order valence-electron chi connectivity index (χ3n) is 3.93. The molecule has 0 amide bonds. The van der Waals surface area contributed by atoms with Gasteiger partial charge in [-0.05, 0) is 40.2 Å². The number of aliphatic hydroxyl groups excluding tert-OH is 1. The van der Waals surface area contributed by atoms with Crippen LogP contribution >= 0.6 is 0 Å². The molecule has 0 fully saturated rings. The quantitative estimate of drug-likeness (QED) is 0.767. The minimum Gasteiger partial charge on any atom is -0.386 e. The first kappa shape index (κ1) is 14.3. The van der Waals surface area contributed by atoms with Crippen molar-refractivity contribution in [2.45, 2.75) is 26.4 Å². The molecular formula is C19H22O2.